The number of esters is 1. The minimum Gasteiger partial charge on any atom is -0.456 e. The van der Waals surface area contributed by atoms with E-state index in [0.29, 0.717) is 18.7 Å². The molecule has 1 amide bonds. The van der Waals surface area contributed by atoms with E-state index in [1.807, 2.05) is 4.90 Å². The van der Waals surface area contributed by atoms with E-state index in [9.17, 15) is 18.0 Å². The number of ether oxygens (including phenoxy) is 1. The molecule has 0 spiro atoms. The van der Waals surface area contributed by atoms with Crippen LogP contribution < -0.4 is 0 Å². The molecule has 0 bridgehead atoms. The van der Waals surface area contributed by atoms with E-state index < -0.39 is 16.0 Å². The summed E-state index contributed by atoms with van der Waals surface area (Å²) in [5.41, 5.74) is 1.52. The van der Waals surface area contributed by atoms with Crippen LogP contribution in [0.4, 0.5) is 0 Å². The SMILES string of the molecule is CCN(CC)S(=O)(=O)c1cc(C(=O)OCc2ccc(C(=O)N3CCCC3)cc2)n(C)c1. The van der Waals surface area contributed by atoms with E-state index in [1.165, 1.54) is 21.1 Å². The number of hydrogen-bond acceptors (Lipinski definition) is 5. The third-order valence-electron chi connectivity index (χ3n) is 5.50. The molecule has 1 saturated heterocycles. The molecule has 0 N–H and O–H groups in total. The average molecular weight is 448 g/mol. The van der Waals surface area contributed by atoms with E-state index in [0.717, 1.165) is 31.5 Å². The van der Waals surface area contributed by atoms with Crippen LogP contribution in [0, 0.1) is 0 Å². The van der Waals surface area contributed by atoms with Crippen molar-refractivity contribution in [3.8, 4) is 0 Å². The fraction of sp³-hybridized carbons (Fsp3) is 0.455. The van der Waals surface area contributed by atoms with Crippen molar-refractivity contribution in [2.45, 2.75) is 38.2 Å². The third kappa shape index (κ3) is 4.99. The zero-order chi connectivity index (χ0) is 22.6. The van der Waals surface area contributed by atoms with Gasteiger partial charge in [-0.05, 0) is 36.6 Å². The molecule has 1 aromatic heterocycles. The molecule has 3 rings (SSSR count). The van der Waals surface area contributed by atoms with Crippen molar-refractivity contribution in [1.29, 1.82) is 0 Å². The summed E-state index contributed by atoms with van der Waals surface area (Å²) in [4.78, 5) is 26.8. The Kier molecular flexibility index (Phi) is 7.17. The number of hydrogen-bond donors (Lipinski definition) is 0. The van der Waals surface area contributed by atoms with Crippen molar-refractivity contribution in [2.75, 3.05) is 26.2 Å². The second kappa shape index (κ2) is 9.65. The highest BCUT2D eigenvalue weighted by molar-refractivity contribution is 7.89. The van der Waals surface area contributed by atoms with Crippen LogP contribution in [-0.4, -0.2) is 60.2 Å². The summed E-state index contributed by atoms with van der Waals surface area (Å²) in [7, 11) is -2.05. The van der Waals surface area contributed by atoms with Gasteiger partial charge in [0.05, 0.1) is 0 Å². The molecule has 0 atom stereocenters. The Balaban J connectivity index is 1.64. The Labute approximate surface area is 183 Å². The predicted molar refractivity (Wildman–Crippen MR) is 116 cm³/mol. The zero-order valence-electron chi connectivity index (χ0n) is 18.2. The summed E-state index contributed by atoms with van der Waals surface area (Å²) in [5.74, 6) is -0.590. The first-order valence-corrected chi connectivity index (χ1v) is 11.9. The molecule has 0 aliphatic carbocycles. The van der Waals surface area contributed by atoms with Gasteiger partial charge in [-0.15, -0.1) is 0 Å². The van der Waals surface area contributed by atoms with Gasteiger partial charge < -0.3 is 14.2 Å². The molecule has 168 valence electrons. The minimum absolute atomic E-state index is 0.0202. The number of sulfonamides is 1. The van der Waals surface area contributed by atoms with Crippen molar-refractivity contribution in [2.24, 2.45) is 7.05 Å². The maximum atomic E-state index is 12.7. The second-order valence-electron chi connectivity index (χ2n) is 7.53. The molecule has 2 heterocycles. The smallest absolute Gasteiger partial charge is 0.355 e. The topological polar surface area (TPSA) is 88.9 Å². The maximum Gasteiger partial charge on any atom is 0.355 e. The number of carbonyl (C=O) groups excluding carboxylic acids is 2. The Morgan fingerprint density at radius 2 is 1.68 bits per heavy atom. The molecule has 31 heavy (non-hydrogen) atoms. The number of carbonyl (C=O) groups is 2. The summed E-state index contributed by atoms with van der Waals surface area (Å²) in [6, 6.07) is 8.34. The lowest BCUT2D eigenvalue weighted by Crippen LogP contribution is -2.30. The largest absolute Gasteiger partial charge is 0.456 e. The maximum absolute atomic E-state index is 12.7. The van der Waals surface area contributed by atoms with Crippen LogP contribution in [0.25, 0.3) is 0 Å². The van der Waals surface area contributed by atoms with Gasteiger partial charge >= 0.3 is 5.97 Å². The number of aromatic nitrogens is 1. The predicted octanol–water partition coefficient (Wildman–Crippen LogP) is 2.65. The molecule has 0 radical (unpaired) electrons. The lowest BCUT2D eigenvalue weighted by Gasteiger charge is -2.17. The van der Waals surface area contributed by atoms with Gasteiger partial charge in [-0.1, -0.05) is 26.0 Å². The van der Waals surface area contributed by atoms with E-state index in [-0.39, 0.29) is 23.1 Å². The van der Waals surface area contributed by atoms with Crippen molar-refractivity contribution >= 4 is 21.9 Å². The van der Waals surface area contributed by atoms with Crippen LogP contribution in [0.15, 0.2) is 41.4 Å². The van der Waals surface area contributed by atoms with Gasteiger partial charge in [0.2, 0.25) is 10.0 Å². The van der Waals surface area contributed by atoms with Gasteiger partial charge in [-0.25, -0.2) is 13.2 Å². The molecule has 2 aromatic rings. The minimum atomic E-state index is -3.65. The summed E-state index contributed by atoms with van der Waals surface area (Å²) in [5, 5.41) is 0. The Morgan fingerprint density at radius 3 is 2.26 bits per heavy atom. The molecular weight excluding hydrogens is 418 g/mol. The molecule has 8 nitrogen and oxygen atoms in total. The van der Waals surface area contributed by atoms with Crippen LogP contribution in [0.3, 0.4) is 0 Å². The molecule has 1 aliphatic heterocycles. The highest BCUT2D eigenvalue weighted by Crippen LogP contribution is 2.20. The molecule has 0 unspecified atom stereocenters. The van der Waals surface area contributed by atoms with Crippen molar-refractivity contribution in [3.63, 3.8) is 0 Å². The summed E-state index contributed by atoms with van der Waals surface area (Å²) < 4.78 is 33.5. The van der Waals surface area contributed by atoms with Crippen molar-refractivity contribution < 1.29 is 22.7 Å². The van der Waals surface area contributed by atoms with Crippen LogP contribution in [0.5, 0.6) is 0 Å². The van der Waals surface area contributed by atoms with Crippen molar-refractivity contribution in [3.05, 3.63) is 53.3 Å². The first-order chi connectivity index (χ1) is 14.8. The number of likely N-dealkylation sites (tertiary alicyclic amines) is 1. The van der Waals surface area contributed by atoms with Crippen LogP contribution >= 0.6 is 0 Å². The summed E-state index contributed by atoms with van der Waals surface area (Å²) in [6.07, 6.45) is 3.50. The number of benzene rings is 1. The second-order valence-corrected chi connectivity index (χ2v) is 9.47. The first kappa shape index (κ1) is 23.0. The van der Waals surface area contributed by atoms with Crippen LogP contribution in [0.2, 0.25) is 0 Å². The molecule has 1 fully saturated rings. The molecular formula is C22H29N3O5S. The Bertz CT molecular complexity index is 1030. The highest BCUT2D eigenvalue weighted by atomic mass is 32.2. The average Bonchev–Trinajstić information content (AvgIpc) is 3.43. The number of nitrogens with zero attached hydrogens (tertiary/aromatic N) is 3. The standard InChI is InChI=1S/C22H29N3O5S/c1-4-25(5-2)31(28,29)19-14-20(23(3)15-19)22(27)30-16-17-8-10-18(11-9-17)21(26)24-12-6-7-13-24/h8-11,14-15H,4-7,12-13,16H2,1-3H3. The molecule has 1 aromatic carbocycles. The van der Waals surface area contributed by atoms with Gasteiger partial charge in [0.1, 0.15) is 17.2 Å². The van der Waals surface area contributed by atoms with Crippen LogP contribution in [0.1, 0.15) is 53.1 Å². The lowest BCUT2D eigenvalue weighted by molar-refractivity contribution is 0.0461. The van der Waals surface area contributed by atoms with Gasteiger partial charge in [0.25, 0.3) is 5.91 Å². The monoisotopic (exact) mass is 447 g/mol. The zero-order valence-corrected chi connectivity index (χ0v) is 19.0. The van der Waals surface area contributed by atoms with E-state index in [2.05, 4.69) is 0 Å². The van der Waals surface area contributed by atoms with E-state index in [4.69, 9.17) is 4.74 Å². The molecule has 9 heteroatoms. The fourth-order valence-corrected chi connectivity index (χ4v) is 5.19. The van der Waals surface area contributed by atoms with Gasteiger partial charge in [-0.3, -0.25) is 4.79 Å². The fourth-order valence-electron chi connectivity index (χ4n) is 3.66. The summed E-state index contributed by atoms with van der Waals surface area (Å²) >= 11 is 0. The summed E-state index contributed by atoms with van der Waals surface area (Å²) in [6.45, 7) is 5.85. The number of amides is 1. The normalized spacial score (nSPS) is 14.3. The quantitative estimate of drug-likeness (QED) is 0.581. The molecule has 0 saturated carbocycles. The lowest BCUT2D eigenvalue weighted by atomic mass is 10.1. The Morgan fingerprint density at radius 1 is 1.06 bits per heavy atom. The number of rotatable bonds is 8. The van der Waals surface area contributed by atoms with Crippen LogP contribution in [-0.2, 0) is 28.4 Å². The van der Waals surface area contributed by atoms with Gasteiger partial charge in [0.15, 0.2) is 0 Å². The van der Waals surface area contributed by atoms with E-state index >= 15 is 0 Å². The van der Waals surface area contributed by atoms with Gasteiger partial charge in [0, 0.05) is 45.0 Å². The van der Waals surface area contributed by atoms with Gasteiger partial charge in [-0.2, -0.15) is 4.31 Å². The third-order valence-corrected chi connectivity index (χ3v) is 7.51. The number of aryl methyl sites for hydroxylation is 1. The Hall–Kier alpha value is -2.65. The van der Waals surface area contributed by atoms with Crippen molar-refractivity contribution in [1.82, 2.24) is 13.8 Å². The highest BCUT2D eigenvalue weighted by Gasteiger charge is 2.26. The first-order valence-electron chi connectivity index (χ1n) is 10.5. The van der Waals surface area contributed by atoms with E-state index in [1.54, 1.807) is 45.2 Å². The molecule has 1 aliphatic rings.